The van der Waals surface area contributed by atoms with Crippen LogP contribution < -0.4 is 5.32 Å². The second kappa shape index (κ2) is 6.87. The molecule has 1 aromatic carbocycles. The van der Waals surface area contributed by atoms with Crippen molar-refractivity contribution in [3.8, 4) is 0 Å². The van der Waals surface area contributed by atoms with Gasteiger partial charge in [-0.05, 0) is 32.0 Å². The van der Waals surface area contributed by atoms with Crippen LogP contribution in [0.4, 0.5) is 10.1 Å². The zero-order valence-corrected chi connectivity index (χ0v) is 11.9. The molecule has 0 aliphatic carbocycles. The highest BCUT2D eigenvalue weighted by molar-refractivity contribution is 5.42. The van der Waals surface area contributed by atoms with E-state index in [2.05, 4.69) is 29.0 Å². The number of hydrogen-bond donors (Lipinski definition) is 1. The second-order valence-electron chi connectivity index (χ2n) is 5.41. The molecule has 2 rings (SSSR count). The standard InChI is InChI=1S/C15H24FN3/c1-13(2)19-10-8-18(9-11-19)7-6-17-15-5-3-4-14(16)12-15/h3-5,12-13,17H,6-11H2,1-2H3. The third-order valence-corrected chi connectivity index (χ3v) is 3.72. The van der Waals surface area contributed by atoms with Crippen molar-refractivity contribution in [1.29, 1.82) is 0 Å². The van der Waals surface area contributed by atoms with Crippen molar-refractivity contribution in [2.24, 2.45) is 0 Å². The Kier molecular flexibility index (Phi) is 5.16. The molecule has 0 radical (unpaired) electrons. The normalized spacial score (nSPS) is 17.9. The van der Waals surface area contributed by atoms with Crippen molar-refractivity contribution in [2.75, 3.05) is 44.6 Å². The molecule has 0 aromatic heterocycles. The Morgan fingerprint density at radius 2 is 1.95 bits per heavy atom. The average molecular weight is 265 g/mol. The van der Waals surface area contributed by atoms with Gasteiger partial charge in [-0.25, -0.2) is 4.39 Å². The van der Waals surface area contributed by atoms with Crippen LogP contribution in [0.25, 0.3) is 0 Å². The van der Waals surface area contributed by atoms with E-state index in [1.54, 1.807) is 6.07 Å². The Morgan fingerprint density at radius 1 is 1.21 bits per heavy atom. The number of hydrogen-bond acceptors (Lipinski definition) is 3. The van der Waals surface area contributed by atoms with Gasteiger partial charge in [0.25, 0.3) is 0 Å². The number of nitrogens with one attached hydrogen (secondary N) is 1. The van der Waals surface area contributed by atoms with E-state index in [0.717, 1.165) is 45.0 Å². The van der Waals surface area contributed by atoms with E-state index in [0.29, 0.717) is 6.04 Å². The molecular formula is C15H24FN3. The van der Waals surface area contributed by atoms with Gasteiger partial charge in [-0.1, -0.05) is 6.07 Å². The maximum absolute atomic E-state index is 13.0. The van der Waals surface area contributed by atoms with Gasteiger partial charge in [0.1, 0.15) is 5.82 Å². The molecule has 0 unspecified atom stereocenters. The zero-order valence-electron chi connectivity index (χ0n) is 11.9. The first-order valence-corrected chi connectivity index (χ1v) is 7.11. The summed E-state index contributed by atoms with van der Waals surface area (Å²) < 4.78 is 13.0. The summed E-state index contributed by atoms with van der Waals surface area (Å²) in [6.07, 6.45) is 0. The van der Waals surface area contributed by atoms with E-state index in [4.69, 9.17) is 0 Å². The maximum atomic E-state index is 13.0. The van der Waals surface area contributed by atoms with Crippen LogP contribution >= 0.6 is 0 Å². The summed E-state index contributed by atoms with van der Waals surface area (Å²) >= 11 is 0. The Labute approximate surface area is 115 Å². The minimum Gasteiger partial charge on any atom is -0.384 e. The molecule has 4 heteroatoms. The third-order valence-electron chi connectivity index (χ3n) is 3.72. The molecule has 1 aliphatic heterocycles. The van der Waals surface area contributed by atoms with Gasteiger partial charge in [0.2, 0.25) is 0 Å². The fraction of sp³-hybridized carbons (Fsp3) is 0.600. The van der Waals surface area contributed by atoms with Gasteiger partial charge in [0.05, 0.1) is 0 Å². The summed E-state index contributed by atoms with van der Waals surface area (Å²) in [5.74, 6) is -0.185. The van der Waals surface area contributed by atoms with Crippen molar-refractivity contribution in [2.45, 2.75) is 19.9 Å². The Hall–Kier alpha value is -1.13. The highest BCUT2D eigenvalue weighted by Gasteiger charge is 2.17. The minimum absolute atomic E-state index is 0.185. The molecule has 1 aromatic rings. The van der Waals surface area contributed by atoms with E-state index in [-0.39, 0.29) is 5.82 Å². The quantitative estimate of drug-likeness (QED) is 0.881. The Morgan fingerprint density at radius 3 is 2.58 bits per heavy atom. The van der Waals surface area contributed by atoms with Crippen LogP contribution in [-0.4, -0.2) is 55.1 Å². The Balaban J connectivity index is 1.67. The highest BCUT2D eigenvalue weighted by Crippen LogP contribution is 2.09. The molecule has 0 bridgehead atoms. The molecule has 1 N–H and O–H groups in total. The SMILES string of the molecule is CC(C)N1CCN(CCNc2cccc(F)c2)CC1. The van der Waals surface area contributed by atoms with Crippen LogP contribution in [0, 0.1) is 5.82 Å². The van der Waals surface area contributed by atoms with E-state index in [1.165, 1.54) is 12.1 Å². The number of benzene rings is 1. The van der Waals surface area contributed by atoms with Gasteiger partial charge in [-0.3, -0.25) is 9.80 Å². The number of halogens is 1. The summed E-state index contributed by atoms with van der Waals surface area (Å²) in [5.41, 5.74) is 0.862. The summed E-state index contributed by atoms with van der Waals surface area (Å²) in [5, 5.41) is 3.27. The lowest BCUT2D eigenvalue weighted by Crippen LogP contribution is -2.49. The van der Waals surface area contributed by atoms with Crippen molar-refractivity contribution in [3.63, 3.8) is 0 Å². The zero-order chi connectivity index (χ0) is 13.7. The van der Waals surface area contributed by atoms with Crippen LogP contribution in [0.3, 0.4) is 0 Å². The summed E-state index contributed by atoms with van der Waals surface area (Å²) in [7, 11) is 0. The van der Waals surface area contributed by atoms with Gasteiger partial charge in [0.15, 0.2) is 0 Å². The molecule has 1 saturated heterocycles. The molecule has 0 spiro atoms. The summed E-state index contributed by atoms with van der Waals surface area (Å²) in [4.78, 5) is 4.97. The lowest BCUT2D eigenvalue weighted by atomic mass is 10.2. The molecule has 1 aliphatic rings. The molecule has 0 amide bonds. The lowest BCUT2D eigenvalue weighted by molar-refractivity contribution is 0.111. The number of piperazine rings is 1. The van der Waals surface area contributed by atoms with E-state index in [1.807, 2.05) is 6.07 Å². The van der Waals surface area contributed by atoms with Crippen LogP contribution in [0.1, 0.15) is 13.8 Å². The topological polar surface area (TPSA) is 18.5 Å². The average Bonchev–Trinajstić information content (AvgIpc) is 2.39. The van der Waals surface area contributed by atoms with E-state index < -0.39 is 0 Å². The van der Waals surface area contributed by atoms with E-state index in [9.17, 15) is 4.39 Å². The van der Waals surface area contributed by atoms with Crippen LogP contribution in [0.2, 0.25) is 0 Å². The first-order valence-electron chi connectivity index (χ1n) is 7.11. The van der Waals surface area contributed by atoms with Crippen molar-refractivity contribution >= 4 is 5.69 Å². The predicted molar refractivity (Wildman–Crippen MR) is 78.0 cm³/mol. The molecule has 106 valence electrons. The number of anilines is 1. The van der Waals surface area contributed by atoms with Crippen LogP contribution in [0.5, 0.6) is 0 Å². The fourth-order valence-corrected chi connectivity index (χ4v) is 2.46. The monoisotopic (exact) mass is 265 g/mol. The number of rotatable bonds is 5. The van der Waals surface area contributed by atoms with Crippen LogP contribution in [0.15, 0.2) is 24.3 Å². The van der Waals surface area contributed by atoms with Crippen molar-refractivity contribution in [3.05, 3.63) is 30.1 Å². The molecule has 0 saturated carbocycles. The fourth-order valence-electron chi connectivity index (χ4n) is 2.46. The lowest BCUT2D eigenvalue weighted by Gasteiger charge is -2.36. The van der Waals surface area contributed by atoms with Crippen LogP contribution in [-0.2, 0) is 0 Å². The van der Waals surface area contributed by atoms with Gasteiger partial charge in [-0.2, -0.15) is 0 Å². The van der Waals surface area contributed by atoms with Gasteiger partial charge in [0, 0.05) is 51.0 Å². The first-order chi connectivity index (χ1) is 9.15. The molecule has 1 heterocycles. The van der Waals surface area contributed by atoms with Gasteiger partial charge < -0.3 is 5.32 Å². The summed E-state index contributed by atoms with van der Waals surface area (Å²) in [6.45, 7) is 10.9. The third kappa shape index (κ3) is 4.48. The molecule has 1 fully saturated rings. The second-order valence-corrected chi connectivity index (χ2v) is 5.41. The van der Waals surface area contributed by atoms with Gasteiger partial charge in [-0.15, -0.1) is 0 Å². The van der Waals surface area contributed by atoms with E-state index >= 15 is 0 Å². The molecule has 19 heavy (non-hydrogen) atoms. The molecule has 3 nitrogen and oxygen atoms in total. The maximum Gasteiger partial charge on any atom is 0.125 e. The van der Waals surface area contributed by atoms with Crippen molar-refractivity contribution in [1.82, 2.24) is 9.80 Å². The molecule has 0 atom stereocenters. The van der Waals surface area contributed by atoms with Gasteiger partial charge >= 0.3 is 0 Å². The van der Waals surface area contributed by atoms with Crippen molar-refractivity contribution < 1.29 is 4.39 Å². The number of nitrogens with zero attached hydrogens (tertiary/aromatic N) is 2. The largest absolute Gasteiger partial charge is 0.384 e. The molecular weight excluding hydrogens is 241 g/mol. The Bertz CT molecular complexity index is 387. The minimum atomic E-state index is -0.185. The smallest absolute Gasteiger partial charge is 0.125 e. The summed E-state index contributed by atoms with van der Waals surface area (Å²) in [6, 6.07) is 7.29. The highest BCUT2D eigenvalue weighted by atomic mass is 19.1. The predicted octanol–water partition coefficient (Wildman–Crippen LogP) is 2.26. The first kappa shape index (κ1) is 14.3.